The fourth-order valence-corrected chi connectivity index (χ4v) is 3.25. The molecule has 0 amide bonds. The number of aromatic nitrogens is 2. The number of hydrogen-bond donors (Lipinski definition) is 1. The number of sulfonamides is 1. The van der Waals surface area contributed by atoms with Crippen LogP contribution in [-0.2, 0) is 10.0 Å². The van der Waals surface area contributed by atoms with Crippen molar-refractivity contribution in [3.63, 3.8) is 0 Å². The summed E-state index contributed by atoms with van der Waals surface area (Å²) >= 11 is 0. The molecule has 0 spiro atoms. The van der Waals surface area contributed by atoms with Gasteiger partial charge in [-0.3, -0.25) is 0 Å². The number of H-pyrrole nitrogens is 1. The van der Waals surface area contributed by atoms with Crippen LogP contribution in [0.1, 0.15) is 25.1 Å². The first-order valence-corrected chi connectivity index (χ1v) is 6.56. The Morgan fingerprint density at radius 3 is 2.53 bits per heavy atom. The van der Waals surface area contributed by atoms with Crippen LogP contribution >= 0.6 is 0 Å². The van der Waals surface area contributed by atoms with Crippen molar-refractivity contribution in [3.05, 3.63) is 12.0 Å². The lowest BCUT2D eigenvalue weighted by atomic mass is 10.2. The van der Waals surface area contributed by atoms with Crippen LogP contribution in [0.3, 0.4) is 0 Å². The van der Waals surface area contributed by atoms with Crippen LogP contribution in [0.5, 0.6) is 0 Å². The monoisotopic (exact) mass is 229 g/mol. The Kier molecular flexibility index (Phi) is 2.79. The maximum absolute atomic E-state index is 12.1. The van der Waals surface area contributed by atoms with Gasteiger partial charge in [-0.25, -0.2) is 13.4 Å². The maximum atomic E-state index is 12.1. The molecule has 84 valence electrons. The first kappa shape index (κ1) is 10.6. The minimum absolute atomic E-state index is 0.210. The second-order valence-corrected chi connectivity index (χ2v) is 5.70. The highest BCUT2D eigenvalue weighted by molar-refractivity contribution is 7.89. The largest absolute Gasteiger partial charge is 0.332 e. The molecule has 1 fully saturated rings. The number of rotatable bonds is 2. The van der Waals surface area contributed by atoms with E-state index in [2.05, 4.69) is 9.97 Å². The summed E-state index contributed by atoms with van der Waals surface area (Å²) in [5.41, 5.74) is 0. The zero-order valence-corrected chi connectivity index (χ0v) is 9.55. The van der Waals surface area contributed by atoms with E-state index in [9.17, 15) is 8.42 Å². The van der Waals surface area contributed by atoms with Crippen LogP contribution < -0.4 is 0 Å². The molecule has 0 saturated carbocycles. The zero-order valence-electron chi connectivity index (χ0n) is 8.73. The normalized spacial score (nSPS) is 19.3. The number of nitrogens with one attached hydrogen (secondary N) is 1. The fourth-order valence-electron chi connectivity index (χ4n) is 1.77. The molecule has 0 radical (unpaired) electrons. The minimum atomic E-state index is -3.33. The van der Waals surface area contributed by atoms with E-state index < -0.39 is 10.0 Å². The first-order chi connectivity index (χ1) is 7.10. The van der Waals surface area contributed by atoms with Gasteiger partial charge in [-0.1, -0.05) is 6.42 Å². The van der Waals surface area contributed by atoms with Crippen LogP contribution in [0.2, 0.25) is 0 Å². The van der Waals surface area contributed by atoms with Crippen molar-refractivity contribution >= 4 is 10.0 Å². The lowest BCUT2D eigenvalue weighted by Gasteiger charge is -2.24. The summed E-state index contributed by atoms with van der Waals surface area (Å²) in [7, 11) is -3.33. The number of nitrogens with zero attached hydrogens (tertiary/aromatic N) is 2. The van der Waals surface area contributed by atoms with Gasteiger partial charge in [0.1, 0.15) is 5.82 Å². The van der Waals surface area contributed by atoms with E-state index in [4.69, 9.17) is 0 Å². The molecule has 2 heterocycles. The molecule has 1 aromatic rings. The van der Waals surface area contributed by atoms with Crippen molar-refractivity contribution in [2.24, 2.45) is 0 Å². The molecule has 2 rings (SSSR count). The van der Waals surface area contributed by atoms with E-state index in [1.807, 2.05) is 0 Å². The van der Waals surface area contributed by atoms with Gasteiger partial charge in [0.15, 0.2) is 5.03 Å². The second-order valence-electron chi connectivity index (χ2n) is 3.80. The molecule has 0 unspecified atom stereocenters. The molecule has 1 aliphatic rings. The van der Waals surface area contributed by atoms with Gasteiger partial charge in [-0.05, 0) is 19.8 Å². The average molecular weight is 229 g/mol. The summed E-state index contributed by atoms with van der Waals surface area (Å²) in [6.07, 6.45) is 4.41. The molecule has 1 saturated heterocycles. The van der Waals surface area contributed by atoms with E-state index in [1.165, 1.54) is 10.5 Å². The highest BCUT2D eigenvalue weighted by atomic mass is 32.2. The van der Waals surface area contributed by atoms with E-state index in [0.717, 1.165) is 19.3 Å². The molecule has 1 N–H and O–H groups in total. The third-order valence-corrected chi connectivity index (χ3v) is 4.42. The summed E-state index contributed by atoms with van der Waals surface area (Å²) < 4.78 is 25.6. The van der Waals surface area contributed by atoms with Crippen molar-refractivity contribution in [1.29, 1.82) is 0 Å². The standard InChI is InChI=1S/C9H15N3O2S/c1-8-10-7-9(11-8)15(13,14)12-5-3-2-4-6-12/h7H,2-6H2,1H3,(H,10,11). The molecule has 1 aliphatic heterocycles. The smallest absolute Gasteiger partial charge is 0.260 e. The Balaban J connectivity index is 2.26. The lowest BCUT2D eigenvalue weighted by molar-refractivity contribution is 0.345. The van der Waals surface area contributed by atoms with Gasteiger partial charge in [0, 0.05) is 13.1 Å². The summed E-state index contributed by atoms with van der Waals surface area (Å²) in [6, 6.07) is 0. The zero-order chi connectivity index (χ0) is 10.9. The van der Waals surface area contributed by atoms with Gasteiger partial charge in [0.25, 0.3) is 10.0 Å². The second kappa shape index (κ2) is 3.94. The highest BCUT2D eigenvalue weighted by Crippen LogP contribution is 2.18. The van der Waals surface area contributed by atoms with E-state index in [1.54, 1.807) is 6.92 Å². The SMILES string of the molecule is Cc1ncc(S(=O)(=O)N2CCCCC2)[nH]1. The summed E-state index contributed by atoms with van der Waals surface area (Å²) in [5, 5.41) is 0.210. The summed E-state index contributed by atoms with van der Waals surface area (Å²) in [4.78, 5) is 6.69. The van der Waals surface area contributed by atoms with Crippen LogP contribution in [0.25, 0.3) is 0 Å². The number of imidazole rings is 1. The maximum Gasteiger partial charge on any atom is 0.260 e. The fraction of sp³-hybridized carbons (Fsp3) is 0.667. The molecule has 0 bridgehead atoms. The Hall–Kier alpha value is -0.880. The lowest BCUT2D eigenvalue weighted by Crippen LogP contribution is -2.35. The molecule has 15 heavy (non-hydrogen) atoms. The molecular weight excluding hydrogens is 214 g/mol. The van der Waals surface area contributed by atoms with Crippen LogP contribution in [-0.4, -0.2) is 35.8 Å². The van der Waals surface area contributed by atoms with Gasteiger partial charge < -0.3 is 4.98 Å². The molecule has 0 atom stereocenters. The third kappa shape index (κ3) is 2.05. The minimum Gasteiger partial charge on any atom is -0.332 e. The van der Waals surface area contributed by atoms with Gasteiger partial charge >= 0.3 is 0 Å². The van der Waals surface area contributed by atoms with Crippen molar-refractivity contribution in [2.45, 2.75) is 31.2 Å². The quantitative estimate of drug-likeness (QED) is 0.819. The highest BCUT2D eigenvalue weighted by Gasteiger charge is 2.27. The van der Waals surface area contributed by atoms with Gasteiger partial charge in [0.2, 0.25) is 0 Å². The number of piperidine rings is 1. The van der Waals surface area contributed by atoms with Gasteiger partial charge in [0.05, 0.1) is 6.20 Å². The van der Waals surface area contributed by atoms with Crippen molar-refractivity contribution in [1.82, 2.24) is 14.3 Å². The van der Waals surface area contributed by atoms with Crippen LogP contribution in [0.4, 0.5) is 0 Å². The average Bonchev–Trinajstić information content (AvgIpc) is 2.67. The summed E-state index contributed by atoms with van der Waals surface area (Å²) in [6.45, 7) is 3.00. The Morgan fingerprint density at radius 2 is 2.00 bits per heavy atom. The predicted molar refractivity (Wildman–Crippen MR) is 55.9 cm³/mol. The molecule has 0 aliphatic carbocycles. The predicted octanol–water partition coefficient (Wildman–Crippen LogP) is 0.893. The van der Waals surface area contributed by atoms with Crippen molar-refractivity contribution in [3.8, 4) is 0 Å². The molecular formula is C9H15N3O2S. The first-order valence-electron chi connectivity index (χ1n) is 5.12. The molecule has 0 aromatic carbocycles. The number of aryl methyl sites for hydroxylation is 1. The molecule has 1 aromatic heterocycles. The number of hydrogen-bond acceptors (Lipinski definition) is 3. The molecule has 6 heteroatoms. The Bertz CT molecular complexity index is 432. The van der Waals surface area contributed by atoms with Crippen LogP contribution in [0, 0.1) is 6.92 Å². The Morgan fingerprint density at radius 1 is 1.33 bits per heavy atom. The van der Waals surface area contributed by atoms with E-state index in [-0.39, 0.29) is 5.03 Å². The van der Waals surface area contributed by atoms with E-state index in [0.29, 0.717) is 18.9 Å². The number of aromatic amines is 1. The summed E-state index contributed by atoms with van der Waals surface area (Å²) in [5.74, 6) is 0.630. The van der Waals surface area contributed by atoms with Crippen molar-refractivity contribution < 1.29 is 8.42 Å². The Labute approximate surface area is 89.6 Å². The topological polar surface area (TPSA) is 66.1 Å². The third-order valence-electron chi connectivity index (χ3n) is 2.61. The van der Waals surface area contributed by atoms with Crippen molar-refractivity contribution in [2.75, 3.05) is 13.1 Å². The molecule has 5 nitrogen and oxygen atoms in total. The van der Waals surface area contributed by atoms with Gasteiger partial charge in [-0.15, -0.1) is 0 Å². The van der Waals surface area contributed by atoms with Gasteiger partial charge in [-0.2, -0.15) is 4.31 Å². The van der Waals surface area contributed by atoms with Crippen LogP contribution in [0.15, 0.2) is 11.2 Å². The van der Waals surface area contributed by atoms with E-state index >= 15 is 0 Å².